The van der Waals surface area contributed by atoms with E-state index in [-0.39, 0.29) is 0 Å². The molecule has 2 unspecified atom stereocenters. The van der Waals surface area contributed by atoms with Gasteiger partial charge in [-0.05, 0) is 51.0 Å². The summed E-state index contributed by atoms with van der Waals surface area (Å²) in [5.41, 5.74) is 0. The number of nitrogens with one attached hydrogen (secondary N) is 1. The van der Waals surface area contributed by atoms with Crippen LogP contribution in [0.2, 0.25) is 0 Å². The van der Waals surface area contributed by atoms with Crippen LogP contribution in [-0.2, 0) is 0 Å². The molecule has 1 saturated carbocycles. The van der Waals surface area contributed by atoms with Gasteiger partial charge in [-0.1, -0.05) is 25.0 Å². The Bertz CT molecular complexity index is 193. The summed E-state index contributed by atoms with van der Waals surface area (Å²) < 4.78 is 0. The zero-order valence-electron chi connectivity index (χ0n) is 9.34. The highest BCUT2D eigenvalue weighted by Gasteiger charge is 2.23. The molecule has 0 aromatic heterocycles. The maximum absolute atomic E-state index is 3.69. The minimum absolute atomic E-state index is 0.744. The average molecular weight is 193 g/mol. The molecule has 2 aliphatic rings. The molecule has 0 heterocycles. The number of hydrogen-bond acceptors (Lipinski definition) is 1. The fourth-order valence-corrected chi connectivity index (χ4v) is 2.35. The summed E-state index contributed by atoms with van der Waals surface area (Å²) in [5.74, 6) is 1.96. The second-order valence-electron chi connectivity index (χ2n) is 5.14. The molecule has 0 aliphatic heterocycles. The van der Waals surface area contributed by atoms with Crippen LogP contribution in [-0.4, -0.2) is 12.6 Å². The van der Waals surface area contributed by atoms with Crippen molar-refractivity contribution >= 4 is 0 Å². The maximum Gasteiger partial charge on any atom is 0.00414 e. The fraction of sp³-hybridized carbons (Fsp3) is 0.846. The van der Waals surface area contributed by atoms with Crippen LogP contribution in [0.5, 0.6) is 0 Å². The van der Waals surface area contributed by atoms with E-state index in [1.807, 2.05) is 0 Å². The van der Waals surface area contributed by atoms with Crippen molar-refractivity contribution in [1.82, 2.24) is 5.32 Å². The van der Waals surface area contributed by atoms with Crippen LogP contribution in [0.3, 0.4) is 0 Å². The van der Waals surface area contributed by atoms with Crippen molar-refractivity contribution in [1.29, 1.82) is 0 Å². The molecule has 1 fully saturated rings. The smallest absolute Gasteiger partial charge is 0.00414 e. The van der Waals surface area contributed by atoms with Gasteiger partial charge < -0.3 is 5.32 Å². The fourth-order valence-electron chi connectivity index (χ4n) is 2.35. The Kier molecular flexibility index (Phi) is 3.63. The van der Waals surface area contributed by atoms with Crippen molar-refractivity contribution in [3.8, 4) is 0 Å². The van der Waals surface area contributed by atoms with Gasteiger partial charge in [0, 0.05) is 6.04 Å². The molecular formula is C13H23N. The van der Waals surface area contributed by atoms with Gasteiger partial charge >= 0.3 is 0 Å². The lowest BCUT2D eigenvalue weighted by Crippen LogP contribution is -2.31. The molecule has 1 N–H and O–H groups in total. The van der Waals surface area contributed by atoms with Gasteiger partial charge in [0.25, 0.3) is 0 Å². The third kappa shape index (κ3) is 3.45. The van der Waals surface area contributed by atoms with E-state index in [0.717, 1.165) is 17.9 Å². The Labute approximate surface area is 88.0 Å². The first-order chi connectivity index (χ1) is 6.84. The predicted molar refractivity (Wildman–Crippen MR) is 61.3 cm³/mol. The van der Waals surface area contributed by atoms with Gasteiger partial charge in [0.1, 0.15) is 0 Å². The Morgan fingerprint density at radius 3 is 2.71 bits per heavy atom. The van der Waals surface area contributed by atoms with E-state index < -0.39 is 0 Å². The van der Waals surface area contributed by atoms with Gasteiger partial charge in [0.15, 0.2) is 0 Å². The zero-order valence-corrected chi connectivity index (χ0v) is 9.34. The van der Waals surface area contributed by atoms with E-state index in [0.29, 0.717) is 0 Å². The molecule has 0 saturated heterocycles. The molecule has 2 atom stereocenters. The van der Waals surface area contributed by atoms with Crippen LogP contribution >= 0.6 is 0 Å². The van der Waals surface area contributed by atoms with Crippen LogP contribution < -0.4 is 5.32 Å². The monoisotopic (exact) mass is 193 g/mol. The summed E-state index contributed by atoms with van der Waals surface area (Å²) in [6.07, 6.45) is 13.0. The lowest BCUT2D eigenvalue weighted by Gasteiger charge is -2.21. The summed E-state index contributed by atoms with van der Waals surface area (Å²) in [5, 5.41) is 3.69. The minimum atomic E-state index is 0.744. The van der Waals surface area contributed by atoms with E-state index in [4.69, 9.17) is 0 Å². The minimum Gasteiger partial charge on any atom is -0.314 e. The van der Waals surface area contributed by atoms with E-state index in [2.05, 4.69) is 24.4 Å². The maximum atomic E-state index is 3.69. The summed E-state index contributed by atoms with van der Waals surface area (Å²) in [6, 6.07) is 0.744. The quantitative estimate of drug-likeness (QED) is 0.661. The first-order valence-corrected chi connectivity index (χ1v) is 6.23. The SMILES string of the molecule is CC(CC1CC1)NCC1CC=CCC1. The molecule has 0 amide bonds. The van der Waals surface area contributed by atoms with Crippen LogP contribution in [0.1, 0.15) is 45.4 Å². The van der Waals surface area contributed by atoms with Gasteiger partial charge in [0.05, 0.1) is 0 Å². The highest BCUT2D eigenvalue weighted by Crippen LogP contribution is 2.33. The van der Waals surface area contributed by atoms with Gasteiger partial charge in [-0.15, -0.1) is 0 Å². The molecule has 2 rings (SSSR count). The molecule has 80 valence electrons. The lowest BCUT2D eigenvalue weighted by atomic mass is 9.94. The van der Waals surface area contributed by atoms with Crippen LogP contribution in [0.15, 0.2) is 12.2 Å². The van der Waals surface area contributed by atoms with Gasteiger partial charge in [-0.2, -0.15) is 0 Å². The van der Waals surface area contributed by atoms with Crippen LogP contribution in [0.4, 0.5) is 0 Å². The van der Waals surface area contributed by atoms with Gasteiger partial charge in [-0.25, -0.2) is 0 Å². The first-order valence-electron chi connectivity index (χ1n) is 6.23. The number of allylic oxidation sites excluding steroid dienone is 2. The highest BCUT2D eigenvalue weighted by molar-refractivity contribution is 4.91. The Morgan fingerprint density at radius 2 is 2.07 bits per heavy atom. The molecule has 0 aromatic carbocycles. The Morgan fingerprint density at radius 1 is 1.21 bits per heavy atom. The predicted octanol–water partition coefficient (Wildman–Crippen LogP) is 3.12. The lowest BCUT2D eigenvalue weighted by molar-refractivity contribution is 0.394. The third-order valence-electron chi connectivity index (χ3n) is 3.52. The molecule has 0 spiro atoms. The van der Waals surface area contributed by atoms with E-state index in [1.54, 1.807) is 0 Å². The largest absolute Gasteiger partial charge is 0.314 e. The van der Waals surface area contributed by atoms with Crippen molar-refractivity contribution in [3.63, 3.8) is 0 Å². The third-order valence-corrected chi connectivity index (χ3v) is 3.52. The second-order valence-corrected chi connectivity index (χ2v) is 5.14. The van der Waals surface area contributed by atoms with Crippen LogP contribution in [0, 0.1) is 11.8 Å². The van der Waals surface area contributed by atoms with Gasteiger partial charge in [-0.3, -0.25) is 0 Å². The van der Waals surface area contributed by atoms with Crippen molar-refractivity contribution < 1.29 is 0 Å². The van der Waals surface area contributed by atoms with Gasteiger partial charge in [0.2, 0.25) is 0 Å². The molecule has 14 heavy (non-hydrogen) atoms. The van der Waals surface area contributed by atoms with Crippen LogP contribution in [0.25, 0.3) is 0 Å². The average Bonchev–Trinajstić information content (AvgIpc) is 3.00. The summed E-state index contributed by atoms with van der Waals surface area (Å²) in [7, 11) is 0. The van der Waals surface area contributed by atoms with Crippen molar-refractivity contribution in [2.45, 2.75) is 51.5 Å². The number of hydrogen-bond donors (Lipinski definition) is 1. The molecule has 1 heteroatoms. The Balaban J connectivity index is 1.58. The molecule has 0 aromatic rings. The zero-order chi connectivity index (χ0) is 9.80. The number of rotatable bonds is 5. The molecule has 2 aliphatic carbocycles. The second kappa shape index (κ2) is 4.97. The normalized spacial score (nSPS) is 29.1. The van der Waals surface area contributed by atoms with E-state index in [1.165, 1.54) is 45.1 Å². The van der Waals surface area contributed by atoms with Crippen molar-refractivity contribution in [2.24, 2.45) is 11.8 Å². The molecule has 1 nitrogen and oxygen atoms in total. The molecular weight excluding hydrogens is 170 g/mol. The summed E-state index contributed by atoms with van der Waals surface area (Å²) >= 11 is 0. The molecule has 0 radical (unpaired) electrons. The van der Waals surface area contributed by atoms with Crippen molar-refractivity contribution in [3.05, 3.63) is 12.2 Å². The summed E-state index contributed by atoms with van der Waals surface area (Å²) in [4.78, 5) is 0. The first kappa shape index (κ1) is 10.2. The standard InChI is InChI=1S/C13H23N/c1-11(9-12-7-8-12)14-10-13-5-3-2-4-6-13/h2-3,11-14H,4-10H2,1H3. The van der Waals surface area contributed by atoms with E-state index in [9.17, 15) is 0 Å². The summed E-state index contributed by atoms with van der Waals surface area (Å²) in [6.45, 7) is 3.58. The Hall–Kier alpha value is -0.300. The topological polar surface area (TPSA) is 12.0 Å². The highest BCUT2D eigenvalue weighted by atomic mass is 14.9. The molecule has 0 bridgehead atoms. The van der Waals surface area contributed by atoms with Crippen molar-refractivity contribution in [2.75, 3.05) is 6.54 Å². The van der Waals surface area contributed by atoms with E-state index >= 15 is 0 Å².